The maximum atomic E-state index is 10.0. The van der Waals surface area contributed by atoms with Crippen LogP contribution in [0.25, 0.3) is 0 Å². The van der Waals surface area contributed by atoms with Gasteiger partial charge < -0.3 is 20.8 Å². The van der Waals surface area contributed by atoms with Crippen LogP contribution in [0.1, 0.15) is 46.9 Å². The molecule has 2 aromatic rings. The summed E-state index contributed by atoms with van der Waals surface area (Å²) in [7, 11) is 0. The second-order valence-corrected chi connectivity index (χ2v) is 5.84. The van der Waals surface area contributed by atoms with Crippen LogP contribution in [0.4, 0.5) is 0 Å². The van der Waals surface area contributed by atoms with Crippen LogP contribution < -0.4 is 11.2 Å². The van der Waals surface area contributed by atoms with Crippen molar-refractivity contribution in [3.8, 4) is 11.5 Å². The first-order valence-corrected chi connectivity index (χ1v) is 9.48. The molecule has 0 radical (unpaired) electrons. The predicted octanol–water partition coefficient (Wildman–Crippen LogP) is 4.09. The monoisotopic (exact) mass is 414 g/mol. The van der Waals surface area contributed by atoms with E-state index >= 15 is 0 Å². The van der Waals surface area contributed by atoms with E-state index < -0.39 is 0 Å². The Balaban J connectivity index is 0.000000381. The van der Waals surface area contributed by atoms with Crippen molar-refractivity contribution in [3.05, 3.63) is 84.3 Å². The first kappa shape index (κ1) is 26.4. The molecule has 0 saturated heterocycles. The molecular formula is C23H30N2O5. The van der Waals surface area contributed by atoms with Gasteiger partial charge in [-0.1, -0.05) is 19.8 Å². The molecule has 7 nitrogen and oxygen atoms in total. The van der Waals surface area contributed by atoms with Gasteiger partial charge in [0.15, 0.2) is 0 Å². The Kier molecular flexibility index (Phi) is 16.5. The molecule has 0 atom stereocenters. The Hall–Kier alpha value is -3.58. The number of allylic oxidation sites excluding steroid dienone is 2. The molecule has 0 aliphatic carbocycles. The molecule has 162 valence electrons. The smallest absolute Gasteiger partial charge is 0.150 e. The average molecular weight is 415 g/mol. The number of unbranched alkanes of at least 4 members (excludes halogenated alkanes) is 2. The standard InChI is InChI=1S/2C7H6O2.C5H13N.C4H5NO/c2*8-5-6-1-3-7(9)4-2-6;1-2-3-4-5-6;1-2-4-6-5-3-1/h2*1-5,9H;2-6H2,1H3;1-5H. The van der Waals surface area contributed by atoms with Crippen LogP contribution in [0.3, 0.4) is 0 Å². The van der Waals surface area contributed by atoms with Gasteiger partial charge in [0.1, 0.15) is 30.3 Å². The van der Waals surface area contributed by atoms with Crippen molar-refractivity contribution in [2.45, 2.75) is 26.2 Å². The number of hydrogen-bond donors (Lipinski definition) is 4. The van der Waals surface area contributed by atoms with E-state index in [4.69, 9.17) is 15.9 Å². The van der Waals surface area contributed by atoms with Gasteiger partial charge in [-0.25, -0.2) is 5.48 Å². The molecule has 0 aromatic heterocycles. The molecule has 1 aliphatic heterocycles. The fourth-order valence-electron chi connectivity index (χ4n) is 1.76. The van der Waals surface area contributed by atoms with Gasteiger partial charge in [0.2, 0.25) is 0 Å². The maximum Gasteiger partial charge on any atom is 0.150 e. The van der Waals surface area contributed by atoms with Crippen molar-refractivity contribution >= 4 is 12.6 Å². The molecule has 0 saturated carbocycles. The van der Waals surface area contributed by atoms with Crippen molar-refractivity contribution in [2.24, 2.45) is 5.73 Å². The molecule has 3 rings (SSSR count). The first-order valence-electron chi connectivity index (χ1n) is 9.48. The van der Waals surface area contributed by atoms with Gasteiger partial charge in [0, 0.05) is 17.3 Å². The largest absolute Gasteiger partial charge is 0.508 e. The highest BCUT2D eigenvalue weighted by Gasteiger charge is 1.87. The second-order valence-electron chi connectivity index (χ2n) is 5.84. The SMILES string of the molecule is C1=CNOC=C1.CCCCCN.O=Cc1ccc(O)cc1.O=Cc1ccc(O)cc1. The van der Waals surface area contributed by atoms with Crippen molar-refractivity contribution in [2.75, 3.05) is 6.54 Å². The lowest BCUT2D eigenvalue weighted by atomic mass is 10.2. The summed E-state index contributed by atoms with van der Waals surface area (Å²) in [6.45, 7) is 3.03. The Labute approximate surface area is 177 Å². The Morgan fingerprint density at radius 3 is 1.57 bits per heavy atom. The van der Waals surface area contributed by atoms with Gasteiger partial charge >= 0.3 is 0 Å². The van der Waals surface area contributed by atoms with Gasteiger partial charge in [-0.3, -0.25) is 9.59 Å². The van der Waals surface area contributed by atoms with Crippen LogP contribution in [0, 0.1) is 0 Å². The quantitative estimate of drug-likeness (QED) is 0.429. The molecule has 1 aliphatic rings. The van der Waals surface area contributed by atoms with Crippen molar-refractivity contribution in [3.63, 3.8) is 0 Å². The number of nitrogens with one attached hydrogen (secondary N) is 1. The number of aldehydes is 2. The Morgan fingerprint density at radius 2 is 1.37 bits per heavy atom. The number of hydroxylamine groups is 1. The summed E-state index contributed by atoms with van der Waals surface area (Å²) < 4.78 is 0. The molecule has 2 aromatic carbocycles. The molecule has 0 spiro atoms. The minimum absolute atomic E-state index is 0.181. The van der Waals surface area contributed by atoms with Gasteiger partial charge in [-0.05, 0) is 73.6 Å². The summed E-state index contributed by atoms with van der Waals surface area (Å²) >= 11 is 0. The zero-order valence-corrected chi connectivity index (χ0v) is 17.1. The van der Waals surface area contributed by atoms with E-state index in [0.717, 1.165) is 19.1 Å². The summed E-state index contributed by atoms with van der Waals surface area (Å²) in [5.41, 5.74) is 8.89. The van der Waals surface area contributed by atoms with Crippen molar-refractivity contribution < 1.29 is 24.6 Å². The van der Waals surface area contributed by atoms with E-state index in [1.807, 2.05) is 6.08 Å². The minimum Gasteiger partial charge on any atom is -0.508 e. The van der Waals surface area contributed by atoms with Gasteiger partial charge in [-0.2, -0.15) is 0 Å². The highest BCUT2D eigenvalue weighted by Crippen LogP contribution is 2.07. The molecule has 0 amide bonds. The van der Waals surface area contributed by atoms with E-state index in [9.17, 15) is 9.59 Å². The summed E-state index contributed by atoms with van der Waals surface area (Å²) in [6.07, 6.45) is 12.2. The molecule has 1 heterocycles. The third-order valence-corrected chi connectivity index (χ3v) is 3.36. The number of hydrogen-bond acceptors (Lipinski definition) is 7. The molecule has 0 fully saturated rings. The van der Waals surface area contributed by atoms with Crippen LogP contribution in [0.15, 0.2) is 73.1 Å². The van der Waals surface area contributed by atoms with Crippen LogP contribution in [0.5, 0.6) is 11.5 Å². The summed E-state index contributed by atoms with van der Waals surface area (Å²) in [5, 5.41) is 17.5. The fourth-order valence-corrected chi connectivity index (χ4v) is 1.76. The number of aromatic hydroxyl groups is 2. The van der Waals surface area contributed by atoms with Crippen LogP contribution in [0.2, 0.25) is 0 Å². The number of rotatable bonds is 5. The first-order chi connectivity index (χ1) is 14.6. The maximum absolute atomic E-state index is 10.0. The van der Waals surface area contributed by atoms with E-state index in [0.29, 0.717) is 11.1 Å². The normalized spacial score (nSPS) is 10.3. The summed E-state index contributed by atoms with van der Waals surface area (Å²) in [4.78, 5) is 24.6. The lowest BCUT2D eigenvalue weighted by Gasteiger charge is -1.97. The van der Waals surface area contributed by atoms with Gasteiger partial charge in [0.25, 0.3) is 0 Å². The molecule has 0 bridgehead atoms. The summed E-state index contributed by atoms with van der Waals surface area (Å²) in [6, 6.07) is 12.1. The van der Waals surface area contributed by atoms with Crippen LogP contribution >= 0.6 is 0 Å². The zero-order chi connectivity index (χ0) is 22.5. The lowest BCUT2D eigenvalue weighted by molar-refractivity contribution is 0.111. The van der Waals surface area contributed by atoms with E-state index in [2.05, 4.69) is 17.2 Å². The number of carbonyl (C=O) groups is 2. The number of benzene rings is 2. The third kappa shape index (κ3) is 15.5. The minimum atomic E-state index is 0.181. The number of phenols is 2. The topological polar surface area (TPSA) is 122 Å². The number of phenolic OH excluding ortho intramolecular Hbond substituents is 2. The Bertz CT molecular complexity index is 676. The van der Waals surface area contributed by atoms with Crippen LogP contribution in [-0.2, 0) is 4.84 Å². The van der Waals surface area contributed by atoms with E-state index in [1.54, 1.807) is 42.8 Å². The molecule has 5 N–H and O–H groups in total. The highest BCUT2D eigenvalue weighted by molar-refractivity contribution is 5.75. The fraction of sp³-hybridized carbons (Fsp3) is 0.217. The third-order valence-electron chi connectivity index (χ3n) is 3.36. The molecular weight excluding hydrogens is 384 g/mol. The van der Waals surface area contributed by atoms with E-state index in [1.165, 1.54) is 43.5 Å². The van der Waals surface area contributed by atoms with Crippen molar-refractivity contribution in [1.29, 1.82) is 0 Å². The molecule has 7 heteroatoms. The summed E-state index contributed by atoms with van der Waals surface area (Å²) in [5.74, 6) is 0.362. The van der Waals surface area contributed by atoms with E-state index in [-0.39, 0.29) is 11.5 Å². The van der Waals surface area contributed by atoms with Gasteiger partial charge in [-0.15, -0.1) is 0 Å². The predicted molar refractivity (Wildman–Crippen MR) is 118 cm³/mol. The van der Waals surface area contributed by atoms with Crippen molar-refractivity contribution in [1.82, 2.24) is 5.48 Å². The molecule has 30 heavy (non-hydrogen) atoms. The zero-order valence-electron chi connectivity index (χ0n) is 17.1. The molecule has 0 unspecified atom stereocenters. The van der Waals surface area contributed by atoms with Gasteiger partial charge in [0.05, 0.1) is 0 Å². The average Bonchev–Trinajstić information content (AvgIpc) is 2.81. The number of carbonyl (C=O) groups excluding carboxylic acids is 2. The second kappa shape index (κ2) is 18.8. The lowest BCUT2D eigenvalue weighted by Crippen LogP contribution is -2.01. The highest BCUT2D eigenvalue weighted by atomic mass is 16.6. The number of nitrogens with two attached hydrogens (primary N) is 1. The van der Waals surface area contributed by atoms with Crippen LogP contribution in [-0.4, -0.2) is 29.3 Å². The Morgan fingerprint density at radius 1 is 0.867 bits per heavy atom.